The van der Waals surface area contributed by atoms with Crippen molar-refractivity contribution in [2.45, 2.75) is 24.6 Å². The minimum absolute atomic E-state index is 0.0164. The van der Waals surface area contributed by atoms with E-state index in [1.807, 2.05) is 60.7 Å². The zero-order valence-electron chi connectivity index (χ0n) is 10.9. The highest BCUT2D eigenvalue weighted by Gasteiger charge is 2.46. The van der Waals surface area contributed by atoms with Gasteiger partial charge in [-0.05, 0) is 11.1 Å². The quantitative estimate of drug-likeness (QED) is 0.869. The molecular formula is C17H19FN+. The van der Waals surface area contributed by atoms with Gasteiger partial charge < -0.3 is 5.32 Å². The molecule has 2 heteroatoms. The number of quaternary nitrogens is 1. The first kappa shape index (κ1) is 12.4. The Bertz CT molecular complexity index is 478. The van der Waals surface area contributed by atoms with Gasteiger partial charge in [0.15, 0.2) is 0 Å². The molecule has 0 aromatic heterocycles. The molecule has 3 rings (SSSR count). The van der Waals surface area contributed by atoms with Crippen LogP contribution in [0.15, 0.2) is 60.7 Å². The molecular weight excluding hydrogens is 237 g/mol. The van der Waals surface area contributed by atoms with Gasteiger partial charge in [-0.3, -0.25) is 0 Å². The van der Waals surface area contributed by atoms with E-state index in [4.69, 9.17) is 0 Å². The first-order chi connectivity index (χ1) is 9.32. The van der Waals surface area contributed by atoms with Crippen LogP contribution in [0.3, 0.4) is 0 Å². The zero-order chi connectivity index (χ0) is 13.1. The minimum atomic E-state index is -1.39. The Morgan fingerprint density at radius 3 is 1.84 bits per heavy atom. The molecule has 0 radical (unpaired) electrons. The third kappa shape index (κ3) is 2.17. The van der Waals surface area contributed by atoms with Crippen LogP contribution in [0.25, 0.3) is 0 Å². The van der Waals surface area contributed by atoms with Crippen LogP contribution in [-0.2, 0) is 5.67 Å². The Labute approximate surface area is 113 Å². The van der Waals surface area contributed by atoms with Crippen LogP contribution in [0.4, 0.5) is 4.39 Å². The summed E-state index contributed by atoms with van der Waals surface area (Å²) in [5, 5.41) is 2.15. The molecule has 0 saturated carbocycles. The molecule has 0 unspecified atom stereocenters. The molecule has 2 aromatic carbocycles. The molecule has 2 aromatic rings. The summed E-state index contributed by atoms with van der Waals surface area (Å²) in [6.45, 7) is 1.02. The van der Waals surface area contributed by atoms with Crippen LogP contribution < -0.4 is 5.32 Å². The molecule has 1 heterocycles. The van der Waals surface area contributed by atoms with Crippen LogP contribution in [0, 0.1) is 0 Å². The Hall–Kier alpha value is -1.67. The summed E-state index contributed by atoms with van der Waals surface area (Å²) in [5.41, 5.74) is 0.146. The summed E-state index contributed by atoms with van der Waals surface area (Å²) < 4.78 is 15.9. The maximum absolute atomic E-state index is 15.9. The van der Waals surface area contributed by atoms with Crippen molar-refractivity contribution in [3.63, 3.8) is 0 Å². The molecule has 1 fully saturated rings. The summed E-state index contributed by atoms with van der Waals surface area (Å²) in [6, 6.07) is 19.1. The lowest BCUT2D eigenvalue weighted by Crippen LogP contribution is -2.90. The van der Waals surface area contributed by atoms with Crippen molar-refractivity contribution in [2.75, 3.05) is 6.54 Å². The predicted octanol–water partition coefficient (Wildman–Crippen LogP) is 2.63. The van der Waals surface area contributed by atoms with Gasteiger partial charge >= 0.3 is 0 Å². The fourth-order valence-corrected chi connectivity index (χ4v) is 3.09. The third-order valence-corrected chi connectivity index (χ3v) is 4.07. The third-order valence-electron chi connectivity index (χ3n) is 4.07. The van der Waals surface area contributed by atoms with E-state index in [2.05, 4.69) is 5.32 Å². The van der Waals surface area contributed by atoms with Gasteiger partial charge in [-0.2, -0.15) is 0 Å². The highest BCUT2D eigenvalue weighted by atomic mass is 19.1. The van der Waals surface area contributed by atoms with E-state index >= 15 is 4.39 Å². The molecule has 0 bridgehead atoms. The Morgan fingerprint density at radius 2 is 1.42 bits per heavy atom. The average Bonchev–Trinajstić information content (AvgIpc) is 3.03. The van der Waals surface area contributed by atoms with Gasteiger partial charge in [0.25, 0.3) is 0 Å². The van der Waals surface area contributed by atoms with Crippen LogP contribution >= 0.6 is 0 Å². The smallest absolute Gasteiger partial charge is 0.212 e. The van der Waals surface area contributed by atoms with Gasteiger partial charge in [0, 0.05) is 12.8 Å². The fraction of sp³-hybridized carbons (Fsp3) is 0.294. The van der Waals surface area contributed by atoms with E-state index in [1.54, 1.807) is 0 Å². The number of benzene rings is 2. The van der Waals surface area contributed by atoms with Gasteiger partial charge in [0.05, 0.1) is 6.54 Å². The normalized spacial score (nSPS) is 19.5. The number of rotatable bonds is 3. The lowest BCUT2D eigenvalue weighted by atomic mass is 9.81. The van der Waals surface area contributed by atoms with Gasteiger partial charge in [0.2, 0.25) is 5.67 Å². The van der Waals surface area contributed by atoms with Crippen molar-refractivity contribution in [3.8, 4) is 0 Å². The van der Waals surface area contributed by atoms with Crippen molar-refractivity contribution in [3.05, 3.63) is 71.8 Å². The Morgan fingerprint density at radius 1 is 0.895 bits per heavy atom. The van der Waals surface area contributed by atoms with Crippen LogP contribution in [-0.4, -0.2) is 12.6 Å². The zero-order valence-corrected chi connectivity index (χ0v) is 10.9. The monoisotopic (exact) mass is 256 g/mol. The van der Waals surface area contributed by atoms with Crippen molar-refractivity contribution in [1.29, 1.82) is 0 Å². The number of nitrogens with two attached hydrogens (primary N) is 1. The molecule has 98 valence electrons. The van der Waals surface area contributed by atoms with Crippen molar-refractivity contribution < 1.29 is 9.71 Å². The molecule has 0 aliphatic carbocycles. The van der Waals surface area contributed by atoms with E-state index in [9.17, 15) is 0 Å². The van der Waals surface area contributed by atoms with E-state index < -0.39 is 5.67 Å². The highest BCUT2D eigenvalue weighted by molar-refractivity contribution is 5.37. The van der Waals surface area contributed by atoms with E-state index in [-0.39, 0.29) is 6.04 Å². The first-order valence-electron chi connectivity index (χ1n) is 6.95. The summed E-state index contributed by atoms with van der Waals surface area (Å²) in [6.07, 6.45) is 2.02. The number of hydrogen-bond donors (Lipinski definition) is 1. The first-order valence-corrected chi connectivity index (χ1v) is 6.95. The Balaban J connectivity index is 2.10. The Kier molecular flexibility index (Phi) is 3.34. The SMILES string of the molecule is FC(c1ccccc1)(c1ccccc1)[C@@H]1CCC[NH2+]1. The van der Waals surface area contributed by atoms with Gasteiger partial charge in [-0.25, -0.2) is 4.39 Å². The predicted molar refractivity (Wildman–Crippen MR) is 74.6 cm³/mol. The molecule has 0 amide bonds. The molecule has 1 aliphatic heterocycles. The number of halogens is 1. The van der Waals surface area contributed by atoms with Crippen LogP contribution in [0.5, 0.6) is 0 Å². The van der Waals surface area contributed by atoms with E-state index in [0.717, 1.165) is 30.5 Å². The highest BCUT2D eigenvalue weighted by Crippen LogP contribution is 2.38. The molecule has 1 nitrogen and oxygen atoms in total. The molecule has 19 heavy (non-hydrogen) atoms. The summed E-state index contributed by atoms with van der Waals surface area (Å²) >= 11 is 0. The summed E-state index contributed by atoms with van der Waals surface area (Å²) in [7, 11) is 0. The fourth-order valence-electron chi connectivity index (χ4n) is 3.09. The van der Waals surface area contributed by atoms with Crippen molar-refractivity contribution in [1.82, 2.24) is 0 Å². The standard InChI is InChI=1S/C17H18FN/c18-17(16-12-7-13-19-16,14-8-3-1-4-9-14)15-10-5-2-6-11-15/h1-6,8-11,16,19H,7,12-13H2/p+1/t16-/m0/s1. The summed E-state index contributed by atoms with van der Waals surface area (Å²) in [5.74, 6) is 0. The number of alkyl halides is 1. The maximum Gasteiger partial charge on any atom is 0.212 e. The van der Waals surface area contributed by atoms with E-state index in [0.29, 0.717) is 0 Å². The van der Waals surface area contributed by atoms with Crippen LogP contribution in [0.1, 0.15) is 24.0 Å². The van der Waals surface area contributed by atoms with Crippen molar-refractivity contribution >= 4 is 0 Å². The topological polar surface area (TPSA) is 16.6 Å². The molecule has 1 aliphatic rings. The van der Waals surface area contributed by atoms with E-state index in [1.165, 1.54) is 0 Å². The molecule has 1 saturated heterocycles. The molecule has 0 spiro atoms. The lowest BCUT2D eigenvalue weighted by Gasteiger charge is -2.30. The molecule has 1 atom stereocenters. The summed E-state index contributed by atoms with van der Waals surface area (Å²) in [4.78, 5) is 0. The second kappa shape index (κ2) is 5.14. The lowest BCUT2D eigenvalue weighted by molar-refractivity contribution is -0.681. The second-order valence-electron chi connectivity index (χ2n) is 5.22. The van der Waals surface area contributed by atoms with Gasteiger partial charge in [-0.1, -0.05) is 60.7 Å². The minimum Gasteiger partial charge on any atom is -0.341 e. The van der Waals surface area contributed by atoms with Gasteiger partial charge in [0.1, 0.15) is 6.04 Å². The molecule has 2 N–H and O–H groups in total. The van der Waals surface area contributed by atoms with Crippen molar-refractivity contribution in [2.24, 2.45) is 0 Å². The van der Waals surface area contributed by atoms with Crippen LogP contribution in [0.2, 0.25) is 0 Å². The largest absolute Gasteiger partial charge is 0.341 e. The number of hydrogen-bond acceptors (Lipinski definition) is 0. The maximum atomic E-state index is 15.9. The second-order valence-corrected chi connectivity index (χ2v) is 5.22. The van der Waals surface area contributed by atoms with Gasteiger partial charge in [-0.15, -0.1) is 0 Å². The average molecular weight is 256 g/mol.